The van der Waals surface area contributed by atoms with Crippen LogP contribution in [0.2, 0.25) is 0 Å². The second kappa shape index (κ2) is 2.95. The smallest absolute Gasteiger partial charge is 0.192 e. The van der Waals surface area contributed by atoms with Gasteiger partial charge >= 0.3 is 0 Å². The van der Waals surface area contributed by atoms with Crippen LogP contribution in [0.15, 0.2) is 17.1 Å². The van der Waals surface area contributed by atoms with Gasteiger partial charge in [-0.2, -0.15) is 5.10 Å². The fourth-order valence-corrected chi connectivity index (χ4v) is 1.72. The summed E-state index contributed by atoms with van der Waals surface area (Å²) in [6.07, 6.45) is 1.66. The first-order valence-corrected chi connectivity index (χ1v) is 4.99. The summed E-state index contributed by atoms with van der Waals surface area (Å²) in [5.74, 6) is 0. The van der Waals surface area contributed by atoms with Gasteiger partial charge in [-0.15, -0.1) is 0 Å². The SMILES string of the molecule is Cc1nn(C(C)(C)C)c2[nH]ccc(=O)c12. The molecular formula is C11H15N3O. The second-order valence-electron chi connectivity index (χ2n) is 4.73. The largest absolute Gasteiger partial charge is 0.346 e. The highest BCUT2D eigenvalue weighted by Gasteiger charge is 2.20. The fraction of sp³-hybridized carbons (Fsp3) is 0.455. The Morgan fingerprint density at radius 3 is 2.67 bits per heavy atom. The van der Waals surface area contributed by atoms with Crippen LogP contribution in [-0.4, -0.2) is 14.8 Å². The molecule has 0 aliphatic rings. The molecule has 0 unspecified atom stereocenters. The van der Waals surface area contributed by atoms with Gasteiger partial charge in [-0.1, -0.05) is 0 Å². The van der Waals surface area contributed by atoms with Gasteiger partial charge < -0.3 is 4.98 Å². The van der Waals surface area contributed by atoms with Crippen molar-refractivity contribution in [2.24, 2.45) is 0 Å². The van der Waals surface area contributed by atoms with Gasteiger partial charge in [0.15, 0.2) is 5.43 Å². The van der Waals surface area contributed by atoms with Gasteiger partial charge in [-0.05, 0) is 27.7 Å². The number of fused-ring (bicyclic) bond motifs is 1. The zero-order valence-electron chi connectivity index (χ0n) is 9.46. The third kappa shape index (κ3) is 1.46. The van der Waals surface area contributed by atoms with E-state index in [0.717, 1.165) is 11.3 Å². The first kappa shape index (κ1) is 9.96. The predicted molar refractivity (Wildman–Crippen MR) is 60.1 cm³/mol. The minimum atomic E-state index is -0.128. The molecule has 2 rings (SSSR count). The molecule has 0 bridgehead atoms. The Bertz CT molecular complexity index is 557. The molecule has 2 aromatic rings. The van der Waals surface area contributed by atoms with E-state index in [4.69, 9.17) is 0 Å². The number of hydrogen-bond acceptors (Lipinski definition) is 2. The molecule has 80 valence electrons. The molecule has 0 radical (unpaired) electrons. The summed E-state index contributed by atoms with van der Waals surface area (Å²) in [5, 5.41) is 5.09. The van der Waals surface area contributed by atoms with Gasteiger partial charge in [-0.3, -0.25) is 4.79 Å². The molecule has 0 saturated heterocycles. The zero-order chi connectivity index (χ0) is 11.2. The van der Waals surface area contributed by atoms with Gasteiger partial charge in [0, 0.05) is 12.3 Å². The number of nitrogens with one attached hydrogen (secondary N) is 1. The van der Waals surface area contributed by atoms with Gasteiger partial charge in [0.25, 0.3) is 0 Å². The predicted octanol–water partition coefficient (Wildman–Crippen LogP) is 1.79. The number of aromatic amines is 1. The summed E-state index contributed by atoms with van der Waals surface area (Å²) < 4.78 is 1.86. The number of nitrogens with zero attached hydrogens (tertiary/aromatic N) is 2. The number of aryl methyl sites for hydroxylation is 1. The maximum atomic E-state index is 11.7. The first-order chi connectivity index (χ1) is 6.91. The molecule has 15 heavy (non-hydrogen) atoms. The fourth-order valence-electron chi connectivity index (χ4n) is 1.72. The summed E-state index contributed by atoms with van der Waals surface area (Å²) >= 11 is 0. The van der Waals surface area contributed by atoms with E-state index in [1.165, 1.54) is 6.07 Å². The van der Waals surface area contributed by atoms with Gasteiger partial charge in [-0.25, -0.2) is 4.68 Å². The number of pyridine rings is 1. The molecule has 0 fully saturated rings. The first-order valence-electron chi connectivity index (χ1n) is 4.99. The van der Waals surface area contributed by atoms with Crippen LogP contribution in [0.3, 0.4) is 0 Å². The van der Waals surface area contributed by atoms with Crippen LogP contribution in [0, 0.1) is 6.92 Å². The van der Waals surface area contributed by atoms with Gasteiger partial charge in [0.2, 0.25) is 0 Å². The standard InChI is InChI=1S/C11H15N3O/c1-7-9-8(15)5-6-12-10(9)14(13-7)11(2,3)4/h5-6H,1-4H3,(H,12,15). The highest BCUT2D eigenvalue weighted by atomic mass is 16.1. The van der Waals surface area contributed by atoms with Crippen LogP contribution in [0.1, 0.15) is 26.5 Å². The summed E-state index contributed by atoms with van der Waals surface area (Å²) in [4.78, 5) is 14.8. The van der Waals surface area contributed by atoms with E-state index in [-0.39, 0.29) is 11.0 Å². The average molecular weight is 205 g/mol. The van der Waals surface area contributed by atoms with Crippen LogP contribution in [0.25, 0.3) is 11.0 Å². The molecular weight excluding hydrogens is 190 g/mol. The lowest BCUT2D eigenvalue weighted by Gasteiger charge is -2.19. The Kier molecular flexibility index (Phi) is 1.96. The molecule has 2 heterocycles. The lowest BCUT2D eigenvalue weighted by Crippen LogP contribution is -2.23. The van der Waals surface area contributed by atoms with E-state index in [9.17, 15) is 4.79 Å². The molecule has 4 heteroatoms. The number of H-pyrrole nitrogens is 1. The van der Waals surface area contributed by atoms with Crippen molar-refractivity contribution in [3.63, 3.8) is 0 Å². The topological polar surface area (TPSA) is 50.7 Å². The third-order valence-corrected chi connectivity index (χ3v) is 2.40. The van der Waals surface area contributed by atoms with Crippen molar-refractivity contribution < 1.29 is 0 Å². The quantitative estimate of drug-likeness (QED) is 0.712. The van der Waals surface area contributed by atoms with E-state index < -0.39 is 0 Å². The minimum absolute atomic E-state index is 0.0248. The number of hydrogen-bond donors (Lipinski definition) is 1. The van der Waals surface area contributed by atoms with Crippen LogP contribution in [-0.2, 0) is 5.54 Å². The van der Waals surface area contributed by atoms with Crippen molar-refractivity contribution >= 4 is 11.0 Å². The highest BCUT2D eigenvalue weighted by molar-refractivity contribution is 5.77. The summed E-state index contributed by atoms with van der Waals surface area (Å²) in [6, 6.07) is 1.53. The van der Waals surface area contributed by atoms with Crippen LogP contribution in [0.5, 0.6) is 0 Å². The molecule has 0 aliphatic heterocycles. The molecule has 0 atom stereocenters. The summed E-state index contributed by atoms with van der Waals surface area (Å²) in [7, 11) is 0. The Hall–Kier alpha value is -1.58. The van der Waals surface area contributed by atoms with Crippen LogP contribution >= 0.6 is 0 Å². The molecule has 0 aromatic carbocycles. The normalized spacial score (nSPS) is 12.3. The maximum absolute atomic E-state index is 11.7. The third-order valence-electron chi connectivity index (χ3n) is 2.40. The van der Waals surface area contributed by atoms with Crippen molar-refractivity contribution in [1.82, 2.24) is 14.8 Å². The van der Waals surface area contributed by atoms with Gasteiger partial charge in [0.05, 0.1) is 16.6 Å². The van der Waals surface area contributed by atoms with Crippen LogP contribution in [0.4, 0.5) is 0 Å². The number of rotatable bonds is 0. The molecule has 4 nitrogen and oxygen atoms in total. The molecule has 0 amide bonds. The molecule has 0 spiro atoms. The van der Waals surface area contributed by atoms with Crippen molar-refractivity contribution in [2.45, 2.75) is 33.2 Å². The Labute approximate surface area is 87.9 Å². The maximum Gasteiger partial charge on any atom is 0.192 e. The highest BCUT2D eigenvalue weighted by Crippen LogP contribution is 2.20. The van der Waals surface area contributed by atoms with Crippen molar-refractivity contribution in [2.75, 3.05) is 0 Å². The summed E-state index contributed by atoms with van der Waals surface area (Å²) in [5.41, 5.74) is 1.47. The zero-order valence-corrected chi connectivity index (χ0v) is 9.46. The second-order valence-corrected chi connectivity index (χ2v) is 4.73. The molecule has 1 N–H and O–H groups in total. The van der Waals surface area contributed by atoms with Crippen LogP contribution < -0.4 is 5.43 Å². The van der Waals surface area contributed by atoms with Crippen molar-refractivity contribution in [3.8, 4) is 0 Å². The Morgan fingerprint density at radius 2 is 2.07 bits per heavy atom. The van der Waals surface area contributed by atoms with E-state index in [1.54, 1.807) is 6.20 Å². The van der Waals surface area contributed by atoms with E-state index >= 15 is 0 Å². The summed E-state index contributed by atoms with van der Waals surface area (Å²) in [6.45, 7) is 8.04. The van der Waals surface area contributed by atoms with Gasteiger partial charge in [0.1, 0.15) is 5.65 Å². The molecule has 0 saturated carbocycles. The van der Waals surface area contributed by atoms with Crippen molar-refractivity contribution in [3.05, 3.63) is 28.2 Å². The number of aromatic nitrogens is 3. The molecule has 2 aromatic heterocycles. The molecule has 0 aliphatic carbocycles. The van der Waals surface area contributed by atoms with E-state index in [2.05, 4.69) is 30.9 Å². The monoisotopic (exact) mass is 205 g/mol. The minimum Gasteiger partial charge on any atom is -0.346 e. The Morgan fingerprint density at radius 1 is 1.40 bits per heavy atom. The lowest BCUT2D eigenvalue weighted by molar-refractivity contribution is 0.364. The lowest BCUT2D eigenvalue weighted by atomic mass is 10.1. The van der Waals surface area contributed by atoms with E-state index in [0.29, 0.717) is 5.39 Å². The van der Waals surface area contributed by atoms with Crippen molar-refractivity contribution in [1.29, 1.82) is 0 Å². The Balaban J connectivity index is 2.92. The van der Waals surface area contributed by atoms with E-state index in [1.807, 2.05) is 11.6 Å². The average Bonchev–Trinajstić information content (AvgIpc) is 2.44.